The highest BCUT2D eigenvalue weighted by atomic mass is 32.2. The largest absolute Gasteiger partial charge is 0.495 e. The molecule has 0 aromatic heterocycles. The van der Waals surface area contributed by atoms with Crippen LogP contribution in [0.1, 0.15) is 0 Å². The lowest BCUT2D eigenvalue weighted by molar-refractivity contribution is 0.403. The van der Waals surface area contributed by atoms with Crippen molar-refractivity contribution >= 4 is 21.4 Å². The second-order valence-corrected chi connectivity index (χ2v) is 5.53. The van der Waals surface area contributed by atoms with Crippen LogP contribution >= 0.6 is 0 Å². The van der Waals surface area contributed by atoms with E-state index >= 15 is 0 Å². The molecule has 3 N–H and O–H groups in total. The Morgan fingerprint density at radius 2 is 1.68 bits per heavy atom. The Kier molecular flexibility index (Phi) is 3.62. The topological polar surface area (TPSA) is 81.4 Å². The summed E-state index contributed by atoms with van der Waals surface area (Å²) in [5.41, 5.74) is 6.56. The third-order valence-corrected chi connectivity index (χ3v) is 3.94. The van der Waals surface area contributed by atoms with Crippen LogP contribution in [-0.2, 0) is 10.0 Å². The molecule has 5 nitrogen and oxygen atoms in total. The summed E-state index contributed by atoms with van der Waals surface area (Å²) in [5, 5.41) is 0. The second-order valence-electron chi connectivity index (χ2n) is 3.88. The van der Waals surface area contributed by atoms with E-state index in [1.165, 1.54) is 13.2 Å². The van der Waals surface area contributed by atoms with Crippen LogP contribution in [0.25, 0.3) is 0 Å². The molecule has 2 rings (SSSR count). The fraction of sp³-hybridized carbons (Fsp3) is 0.0769. The van der Waals surface area contributed by atoms with Gasteiger partial charge in [-0.1, -0.05) is 12.1 Å². The van der Waals surface area contributed by atoms with Gasteiger partial charge < -0.3 is 10.5 Å². The van der Waals surface area contributed by atoms with E-state index in [0.29, 0.717) is 17.1 Å². The van der Waals surface area contributed by atoms with Gasteiger partial charge in [0, 0.05) is 11.4 Å². The zero-order valence-corrected chi connectivity index (χ0v) is 11.1. The molecular weight excluding hydrogens is 264 g/mol. The van der Waals surface area contributed by atoms with Gasteiger partial charge in [0.2, 0.25) is 0 Å². The van der Waals surface area contributed by atoms with Gasteiger partial charge in [0.05, 0.1) is 7.11 Å². The molecule has 0 aliphatic rings. The molecule has 0 saturated heterocycles. The van der Waals surface area contributed by atoms with E-state index in [-0.39, 0.29) is 4.90 Å². The van der Waals surface area contributed by atoms with Gasteiger partial charge in [0.15, 0.2) is 0 Å². The quantitative estimate of drug-likeness (QED) is 0.839. The van der Waals surface area contributed by atoms with E-state index in [0.717, 1.165) is 0 Å². The molecule has 0 unspecified atom stereocenters. The number of nitrogens with two attached hydrogens (primary N) is 1. The number of hydrogen-bond acceptors (Lipinski definition) is 4. The predicted molar refractivity (Wildman–Crippen MR) is 74.7 cm³/mol. The zero-order chi connectivity index (χ0) is 13.9. The molecule has 0 spiro atoms. The molecule has 100 valence electrons. The van der Waals surface area contributed by atoms with Gasteiger partial charge in [0.25, 0.3) is 10.0 Å². The first-order chi connectivity index (χ1) is 9.03. The first-order valence-electron chi connectivity index (χ1n) is 5.54. The molecule has 0 radical (unpaired) electrons. The summed E-state index contributed by atoms with van der Waals surface area (Å²) in [4.78, 5) is 0.0920. The Morgan fingerprint density at radius 3 is 2.32 bits per heavy atom. The Labute approximate surface area is 112 Å². The average Bonchev–Trinajstić information content (AvgIpc) is 2.41. The van der Waals surface area contributed by atoms with Gasteiger partial charge in [-0.05, 0) is 36.4 Å². The van der Waals surface area contributed by atoms with E-state index in [2.05, 4.69) is 4.72 Å². The fourth-order valence-corrected chi connectivity index (χ4v) is 2.83. The number of nitrogen functional groups attached to an aromatic ring is 1. The SMILES string of the molecule is COc1ccccc1S(=O)(=O)Nc1ccc(N)cc1. The Balaban J connectivity index is 2.35. The lowest BCUT2D eigenvalue weighted by atomic mass is 10.3. The van der Waals surface area contributed by atoms with Crippen LogP contribution in [0.3, 0.4) is 0 Å². The molecule has 2 aromatic rings. The van der Waals surface area contributed by atoms with Crippen LogP contribution in [-0.4, -0.2) is 15.5 Å². The number of benzene rings is 2. The van der Waals surface area contributed by atoms with Crippen LogP contribution in [0.4, 0.5) is 11.4 Å². The standard InChI is InChI=1S/C13H14N2O3S/c1-18-12-4-2-3-5-13(12)19(16,17)15-11-8-6-10(14)7-9-11/h2-9,15H,14H2,1H3. The van der Waals surface area contributed by atoms with Crippen LogP contribution in [0, 0.1) is 0 Å². The van der Waals surface area contributed by atoms with E-state index in [1.54, 1.807) is 42.5 Å². The van der Waals surface area contributed by atoms with Crippen molar-refractivity contribution in [3.8, 4) is 5.75 Å². The van der Waals surface area contributed by atoms with Gasteiger partial charge >= 0.3 is 0 Å². The maximum absolute atomic E-state index is 12.2. The van der Waals surface area contributed by atoms with Crippen molar-refractivity contribution < 1.29 is 13.2 Å². The molecule has 0 aliphatic heterocycles. The van der Waals surface area contributed by atoms with Gasteiger partial charge in [-0.2, -0.15) is 0 Å². The molecule has 0 atom stereocenters. The number of methoxy groups -OCH3 is 1. The molecule has 6 heteroatoms. The summed E-state index contributed by atoms with van der Waals surface area (Å²) in [6.07, 6.45) is 0. The Hall–Kier alpha value is -2.21. The molecule has 19 heavy (non-hydrogen) atoms. The van der Waals surface area contributed by atoms with E-state index in [9.17, 15) is 8.42 Å². The number of rotatable bonds is 4. The zero-order valence-electron chi connectivity index (χ0n) is 10.3. The van der Waals surface area contributed by atoms with Crippen molar-refractivity contribution in [3.05, 3.63) is 48.5 Å². The van der Waals surface area contributed by atoms with Crippen molar-refractivity contribution in [1.29, 1.82) is 0 Å². The summed E-state index contributed by atoms with van der Waals surface area (Å²) >= 11 is 0. The van der Waals surface area contributed by atoms with Gasteiger partial charge in [-0.25, -0.2) is 8.42 Å². The third kappa shape index (κ3) is 2.97. The van der Waals surface area contributed by atoms with Gasteiger partial charge in [-0.15, -0.1) is 0 Å². The molecule has 0 bridgehead atoms. The highest BCUT2D eigenvalue weighted by Crippen LogP contribution is 2.25. The van der Waals surface area contributed by atoms with Crippen molar-refractivity contribution in [2.75, 3.05) is 17.6 Å². The van der Waals surface area contributed by atoms with E-state index in [1.807, 2.05) is 0 Å². The minimum absolute atomic E-state index is 0.0920. The molecule has 0 saturated carbocycles. The number of ether oxygens (including phenoxy) is 1. The minimum Gasteiger partial charge on any atom is -0.495 e. The number of nitrogens with one attached hydrogen (secondary N) is 1. The first-order valence-corrected chi connectivity index (χ1v) is 7.02. The number of sulfonamides is 1. The predicted octanol–water partition coefficient (Wildman–Crippen LogP) is 2.08. The van der Waals surface area contributed by atoms with Crippen molar-refractivity contribution in [2.24, 2.45) is 0 Å². The monoisotopic (exact) mass is 278 g/mol. The Morgan fingerprint density at radius 1 is 1.05 bits per heavy atom. The summed E-state index contributed by atoms with van der Waals surface area (Å²) in [6.45, 7) is 0. The molecule has 2 aromatic carbocycles. The van der Waals surface area contributed by atoms with E-state index in [4.69, 9.17) is 10.5 Å². The summed E-state index contributed by atoms with van der Waals surface area (Å²) in [7, 11) is -2.26. The minimum atomic E-state index is -3.68. The number of para-hydroxylation sites is 1. The summed E-state index contributed by atoms with van der Waals surface area (Å²) in [6, 6.07) is 12.9. The highest BCUT2D eigenvalue weighted by Gasteiger charge is 2.18. The van der Waals surface area contributed by atoms with Crippen LogP contribution in [0.2, 0.25) is 0 Å². The van der Waals surface area contributed by atoms with Gasteiger partial charge in [-0.3, -0.25) is 4.72 Å². The molecule has 0 fully saturated rings. The normalized spacial score (nSPS) is 11.0. The maximum Gasteiger partial charge on any atom is 0.265 e. The molecule has 0 aliphatic carbocycles. The lowest BCUT2D eigenvalue weighted by Gasteiger charge is -2.11. The van der Waals surface area contributed by atoms with Crippen molar-refractivity contribution in [1.82, 2.24) is 0 Å². The molecule has 0 amide bonds. The second kappa shape index (κ2) is 5.19. The molecule has 0 heterocycles. The van der Waals surface area contributed by atoms with Gasteiger partial charge in [0.1, 0.15) is 10.6 Å². The van der Waals surface area contributed by atoms with Crippen LogP contribution < -0.4 is 15.2 Å². The third-order valence-electron chi connectivity index (χ3n) is 2.52. The number of anilines is 2. The summed E-state index contributed by atoms with van der Waals surface area (Å²) < 4.78 is 32.0. The van der Waals surface area contributed by atoms with Crippen LogP contribution in [0.15, 0.2) is 53.4 Å². The molecular formula is C13H14N2O3S. The maximum atomic E-state index is 12.2. The first kappa shape index (κ1) is 13.2. The lowest BCUT2D eigenvalue weighted by Crippen LogP contribution is -2.14. The fourth-order valence-electron chi connectivity index (χ4n) is 1.60. The van der Waals surface area contributed by atoms with Crippen LogP contribution in [0.5, 0.6) is 5.75 Å². The number of hydrogen-bond donors (Lipinski definition) is 2. The smallest absolute Gasteiger partial charge is 0.265 e. The Bertz CT molecular complexity index is 667. The van der Waals surface area contributed by atoms with Crippen molar-refractivity contribution in [2.45, 2.75) is 4.90 Å². The summed E-state index contributed by atoms with van der Waals surface area (Å²) in [5.74, 6) is 0.297. The highest BCUT2D eigenvalue weighted by molar-refractivity contribution is 7.92. The average molecular weight is 278 g/mol. The van der Waals surface area contributed by atoms with E-state index < -0.39 is 10.0 Å². The van der Waals surface area contributed by atoms with Crippen molar-refractivity contribution in [3.63, 3.8) is 0 Å².